The number of nitrogens with zero attached hydrogens (tertiary/aromatic N) is 3. The van der Waals surface area contributed by atoms with E-state index in [1.54, 1.807) is 7.05 Å². The van der Waals surface area contributed by atoms with Gasteiger partial charge in [0.25, 0.3) is 0 Å². The first kappa shape index (κ1) is 7.46. The van der Waals surface area contributed by atoms with Gasteiger partial charge in [0.15, 0.2) is 0 Å². The predicted octanol–water partition coefficient (Wildman–Crippen LogP) is -0.00850. The van der Waals surface area contributed by atoms with E-state index >= 15 is 0 Å². The van der Waals surface area contributed by atoms with Crippen LogP contribution in [0.15, 0.2) is 18.7 Å². The van der Waals surface area contributed by atoms with Crippen molar-refractivity contribution in [1.29, 1.82) is 0 Å². The fraction of sp³-hybridized carbons (Fsp3) is 0.167. The van der Waals surface area contributed by atoms with Gasteiger partial charge in [-0.2, -0.15) is 0 Å². The summed E-state index contributed by atoms with van der Waals surface area (Å²) in [7, 11) is 1.56. The number of amides is 2. The molecule has 0 aliphatic rings. The summed E-state index contributed by atoms with van der Waals surface area (Å²) in [5.74, 6) is 0. The van der Waals surface area contributed by atoms with Crippen molar-refractivity contribution in [2.45, 2.75) is 0 Å². The van der Waals surface area contributed by atoms with E-state index < -0.39 is 6.03 Å². The van der Waals surface area contributed by atoms with Crippen molar-refractivity contribution in [1.82, 2.24) is 9.97 Å². The van der Waals surface area contributed by atoms with Crippen LogP contribution in [0.2, 0.25) is 0 Å². The molecular weight excluding hydrogens is 144 g/mol. The van der Waals surface area contributed by atoms with Gasteiger partial charge >= 0.3 is 6.03 Å². The molecule has 0 unspecified atom stereocenters. The van der Waals surface area contributed by atoms with E-state index in [0.29, 0.717) is 5.69 Å². The number of hydrogen-bond donors (Lipinski definition) is 1. The monoisotopic (exact) mass is 152 g/mol. The van der Waals surface area contributed by atoms with Gasteiger partial charge < -0.3 is 5.73 Å². The Morgan fingerprint density at radius 3 is 2.55 bits per heavy atom. The molecule has 1 aromatic heterocycles. The van der Waals surface area contributed by atoms with Gasteiger partial charge in [0.1, 0.15) is 6.33 Å². The largest absolute Gasteiger partial charge is 0.351 e. The van der Waals surface area contributed by atoms with Gasteiger partial charge in [0, 0.05) is 7.05 Å². The van der Waals surface area contributed by atoms with Gasteiger partial charge in [-0.15, -0.1) is 0 Å². The topological polar surface area (TPSA) is 72.1 Å². The Morgan fingerprint density at radius 2 is 2.09 bits per heavy atom. The lowest BCUT2D eigenvalue weighted by Crippen LogP contribution is -2.31. The summed E-state index contributed by atoms with van der Waals surface area (Å²) in [5, 5.41) is 0. The zero-order chi connectivity index (χ0) is 8.27. The van der Waals surface area contributed by atoms with Gasteiger partial charge in [-0.3, -0.25) is 4.90 Å². The minimum absolute atomic E-state index is 0.528. The average Bonchev–Trinajstić information content (AvgIpc) is 2.05. The number of rotatable bonds is 1. The Bertz CT molecular complexity index is 248. The van der Waals surface area contributed by atoms with Crippen molar-refractivity contribution < 1.29 is 4.79 Å². The molecule has 5 heteroatoms. The number of carbonyl (C=O) groups excluding carboxylic acids is 1. The van der Waals surface area contributed by atoms with E-state index in [-0.39, 0.29) is 0 Å². The third-order valence-corrected chi connectivity index (χ3v) is 1.26. The maximum absolute atomic E-state index is 10.6. The van der Waals surface area contributed by atoms with Crippen molar-refractivity contribution >= 4 is 11.7 Å². The summed E-state index contributed by atoms with van der Waals surface area (Å²) in [5.41, 5.74) is 5.58. The smallest absolute Gasteiger partial charge is 0.319 e. The van der Waals surface area contributed by atoms with Crippen LogP contribution in [-0.4, -0.2) is 23.0 Å². The number of anilines is 1. The molecule has 0 radical (unpaired) electrons. The van der Waals surface area contributed by atoms with E-state index in [1.165, 1.54) is 23.6 Å². The lowest BCUT2D eigenvalue weighted by molar-refractivity contribution is 0.255. The lowest BCUT2D eigenvalue weighted by atomic mass is 10.5. The molecule has 0 bridgehead atoms. The highest BCUT2D eigenvalue weighted by atomic mass is 16.2. The Balaban J connectivity index is 2.85. The minimum atomic E-state index is -0.528. The third kappa shape index (κ3) is 1.64. The van der Waals surface area contributed by atoms with Crippen molar-refractivity contribution in [3.05, 3.63) is 18.7 Å². The quantitative estimate of drug-likeness (QED) is 0.615. The molecule has 2 N–H and O–H groups in total. The number of nitrogens with two attached hydrogens (primary N) is 1. The second kappa shape index (κ2) is 2.96. The van der Waals surface area contributed by atoms with Crippen molar-refractivity contribution in [2.24, 2.45) is 5.73 Å². The van der Waals surface area contributed by atoms with Crippen LogP contribution in [0.5, 0.6) is 0 Å². The van der Waals surface area contributed by atoms with E-state index in [4.69, 9.17) is 5.73 Å². The highest BCUT2D eigenvalue weighted by molar-refractivity contribution is 5.89. The maximum atomic E-state index is 10.6. The molecule has 0 aliphatic heterocycles. The number of primary amides is 1. The highest BCUT2D eigenvalue weighted by Gasteiger charge is 2.04. The van der Waals surface area contributed by atoms with Crippen LogP contribution in [0.4, 0.5) is 10.5 Å². The zero-order valence-corrected chi connectivity index (χ0v) is 6.06. The molecule has 0 saturated carbocycles. The standard InChI is InChI=1S/C6H8N4O/c1-10(6(7)11)5-2-8-4-9-3-5/h2-4H,1H3,(H2,7,11). The summed E-state index contributed by atoms with van der Waals surface area (Å²) in [4.78, 5) is 19.3. The molecule has 0 fully saturated rings. The summed E-state index contributed by atoms with van der Waals surface area (Å²) in [6.45, 7) is 0. The first-order valence-electron chi connectivity index (χ1n) is 3.00. The van der Waals surface area contributed by atoms with Crippen LogP contribution in [0, 0.1) is 0 Å². The fourth-order valence-electron chi connectivity index (χ4n) is 0.592. The zero-order valence-electron chi connectivity index (χ0n) is 6.06. The molecule has 1 aromatic rings. The van der Waals surface area contributed by atoms with E-state index in [0.717, 1.165) is 0 Å². The number of urea groups is 1. The number of aromatic nitrogens is 2. The predicted molar refractivity (Wildman–Crippen MR) is 40.0 cm³/mol. The van der Waals surface area contributed by atoms with Crippen LogP contribution in [0.25, 0.3) is 0 Å². The number of hydrogen-bond acceptors (Lipinski definition) is 3. The summed E-state index contributed by atoms with van der Waals surface area (Å²) >= 11 is 0. The van der Waals surface area contributed by atoms with Gasteiger partial charge in [-0.25, -0.2) is 14.8 Å². The minimum Gasteiger partial charge on any atom is -0.351 e. The SMILES string of the molecule is CN(C(N)=O)c1cncnc1. The Morgan fingerprint density at radius 1 is 1.55 bits per heavy atom. The molecule has 11 heavy (non-hydrogen) atoms. The normalized spacial score (nSPS) is 9.18. The second-order valence-corrected chi connectivity index (χ2v) is 1.99. The van der Waals surface area contributed by atoms with E-state index in [2.05, 4.69) is 9.97 Å². The van der Waals surface area contributed by atoms with E-state index in [1.807, 2.05) is 0 Å². The lowest BCUT2D eigenvalue weighted by Gasteiger charge is -2.11. The molecule has 5 nitrogen and oxygen atoms in total. The van der Waals surface area contributed by atoms with Gasteiger partial charge in [0.05, 0.1) is 18.1 Å². The molecule has 58 valence electrons. The average molecular weight is 152 g/mol. The highest BCUT2D eigenvalue weighted by Crippen LogP contribution is 2.05. The molecule has 0 spiro atoms. The molecule has 0 saturated heterocycles. The van der Waals surface area contributed by atoms with Crippen LogP contribution >= 0.6 is 0 Å². The van der Waals surface area contributed by atoms with Crippen LogP contribution in [-0.2, 0) is 0 Å². The van der Waals surface area contributed by atoms with Crippen molar-refractivity contribution in [2.75, 3.05) is 11.9 Å². The molecule has 0 aromatic carbocycles. The molecule has 2 amide bonds. The molecule has 0 atom stereocenters. The van der Waals surface area contributed by atoms with E-state index in [9.17, 15) is 4.79 Å². The van der Waals surface area contributed by atoms with Crippen LogP contribution in [0.3, 0.4) is 0 Å². The maximum Gasteiger partial charge on any atom is 0.319 e. The Hall–Kier alpha value is -1.65. The summed E-state index contributed by atoms with van der Waals surface area (Å²) in [6, 6.07) is -0.528. The van der Waals surface area contributed by atoms with Crippen LogP contribution < -0.4 is 10.6 Å². The summed E-state index contributed by atoms with van der Waals surface area (Å²) in [6.07, 6.45) is 4.41. The van der Waals surface area contributed by atoms with Gasteiger partial charge in [0.2, 0.25) is 0 Å². The van der Waals surface area contributed by atoms with Crippen molar-refractivity contribution in [3.63, 3.8) is 0 Å². The van der Waals surface area contributed by atoms with Crippen LogP contribution in [0.1, 0.15) is 0 Å². The van der Waals surface area contributed by atoms with Gasteiger partial charge in [-0.1, -0.05) is 0 Å². The summed E-state index contributed by atoms with van der Waals surface area (Å²) < 4.78 is 0. The molecule has 1 heterocycles. The fourth-order valence-corrected chi connectivity index (χ4v) is 0.592. The molecular formula is C6H8N4O. The van der Waals surface area contributed by atoms with Gasteiger partial charge in [-0.05, 0) is 0 Å². The first-order chi connectivity index (χ1) is 5.22. The Kier molecular flexibility index (Phi) is 2.00. The third-order valence-electron chi connectivity index (χ3n) is 1.26. The molecule has 1 rings (SSSR count). The number of carbonyl (C=O) groups is 1. The second-order valence-electron chi connectivity index (χ2n) is 1.99. The first-order valence-corrected chi connectivity index (χ1v) is 3.00. The van der Waals surface area contributed by atoms with Crippen molar-refractivity contribution in [3.8, 4) is 0 Å². The molecule has 0 aliphatic carbocycles. The Labute approximate surface area is 63.9 Å².